The maximum Gasteiger partial charge on any atom is 0.234 e. The van der Waals surface area contributed by atoms with Crippen LogP contribution in [-0.4, -0.2) is 40.9 Å². The highest BCUT2D eigenvalue weighted by molar-refractivity contribution is 6.32. The van der Waals surface area contributed by atoms with E-state index in [0.717, 1.165) is 12.5 Å². The predicted octanol–water partition coefficient (Wildman–Crippen LogP) is 3.93. The number of hydrogen-bond acceptors (Lipinski definition) is 5. The number of carbonyl (C=O) groups excluding carboxylic acids is 2. The second-order valence-electron chi connectivity index (χ2n) is 7.30. The van der Waals surface area contributed by atoms with Crippen molar-refractivity contribution in [1.82, 2.24) is 4.90 Å². The number of hydrogen-bond donors (Lipinski definition) is 2. The smallest absolute Gasteiger partial charge is 0.234 e. The zero-order chi connectivity index (χ0) is 22.5. The van der Waals surface area contributed by atoms with E-state index in [1.165, 1.54) is 30.4 Å². The predicted molar refractivity (Wildman–Crippen MR) is 117 cm³/mol. The van der Waals surface area contributed by atoms with E-state index in [1.54, 1.807) is 6.07 Å². The fourth-order valence-corrected chi connectivity index (χ4v) is 3.90. The Labute approximate surface area is 185 Å². The third-order valence-corrected chi connectivity index (χ3v) is 5.51. The van der Waals surface area contributed by atoms with E-state index in [4.69, 9.17) is 22.1 Å². The number of ketones is 1. The molecule has 0 unspecified atom stereocenters. The Balaban J connectivity index is 1.89. The number of nitrogens with two attached hydrogens (primary N) is 1. The molecule has 0 bridgehead atoms. The lowest BCUT2D eigenvalue weighted by Crippen LogP contribution is -2.39. The average molecular weight is 447 g/mol. The second-order valence-corrected chi connectivity index (χ2v) is 7.71. The summed E-state index contributed by atoms with van der Waals surface area (Å²) < 4.78 is 18.8. The molecule has 0 spiro atoms. The molecule has 3 N–H and O–H groups in total. The lowest BCUT2D eigenvalue weighted by molar-refractivity contribution is -0.122. The third-order valence-electron chi connectivity index (χ3n) is 5.19. The monoisotopic (exact) mass is 446 g/mol. The summed E-state index contributed by atoms with van der Waals surface area (Å²) in [6, 6.07) is 6.46. The van der Waals surface area contributed by atoms with Gasteiger partial charge in [-0.2, -0.15) is 0 Å². The van der Waals surface area contributed by atoms with Gasteiger partial charge in [-0.3, -0.25) is 14.5 Å². The zero-order valence-corrected chi connectivity index (χ0v) is 17.9. The molecule has 1 heterocycles. The summed E-state index contributed by atoms with van der Waals surface area (Å²) in [5, 5.41) is 10.6. The number of amides is 1. The number of carbonyl (C=O) groups is 2. The molecule has 0 saturated carbocycles. The first kappa shape index (κ1) is 22.8. The van der Waals surface area contributed by atoms with Crippen molar-refractivity contribution in [2.45, 2.75) is 32.4 Å². The molecule has 2 aromatic rings. The summed E-state index contributed by atoms with van der Waals surface area (Å²) in [7, 11) is 0. The molecule has 2 aromatic carbocycles. The first-order valence-electron chi connectivity index (χ1n) is 9.99. The minimum absolute atomic E-state index is 0.0859. The number of rotatable bonds is 8. The number of aromatic hydroxyl groups is 1. The molecule has 1 amide bonds. The summed E-state index contributed by atoms with van der Waals surface area (Å²) in [4.78, 5) is 26.4. The fraction of sp³-hybridized carbons (Fsp3) is 0.304. The normalized spacial score (nSPS) is 16.7. The van der Waals surface area contributed by atoms with Crippen LogP contribution in [0, 0.1) is 5.82 Å². The number of primary amides is 1. The molecular formula is C23H24ClFN2O4. The van der Waals surface area contributed by atoms with E-state index in [-0.39, 0.29) is 28.3 Å². The van der Waals surface area contributed by atoms with Gasteiger partial charge in [0.15, 0.2) is 5.78 Å². The molecule has 0 radical (unpaired) electrons. The molecule has 1 saturated heterocycles. The van der Waals surface area contributed by atoms with Gasteiger partial charge in [-0.25, -0.2) is 4.39 Å². The van der Waals surface area contributed by atoms with Crippen molar-refractivity contribution >= 4 is 29.4 Å². The van der Waals surface area contributed by atoms with Gasteiger partial charge in [0.05, 0.1) is 23.2 Å². The van der Waals surface area contributed by atoms with E-state index in [1.807, 2.05) is 11.8 Å². The number of phenols is 1. The number of benzene rings is 2. The number of phenolic OH excluding ortho intramolecular Hbond substituents is 1. The van der Waals surface area contributed by atoms with Crippen LogP contribution in [0.25, 0.3) is 6.08 Å². The Bertz CT molecular complexity index is 1020. The Morgan fingerprint density at radius 3 is 2.81 bits per heavy atom. The summed E-state index contributed by atoms with van der Waals surface area (Å²) in [5.41, 5.74) is 6.74. The van der Waals surface area contributed by atoms with Crippen LogP contribution >= 0.6 is 11.6 Å². The Kier molecular flexibility index (Phi) is 7.30. The molecule has 0 aliphatic carbocycles. The van der Waals surface area contributed by atoms with Gasteiger partial charge in [0, 0.05) is 18.2 Å². The molecule has 164 valence electrons. The van der Waals surface area contributed by atoms with E-state index < -0.39 is 11.6 Å². The Hall–Kier alpha value is -2.90. The summed E-state index contributed by atoms with van der Waals surface area (Å²) in [6.07, 6.45) is 4.26. The van der Waals surface area contributed by atoms with Gasteiger partial charge in [0.2, 0.25) is 5.91 Å². The van der Waals surface area contributed by atoms with Crippen LogP contribution in [0.5, 0.6) is 11.5 Å². The lowest BCUT2D eigenvalue weighted by atomic mass is 10.0. The van der Waals surface area contributed by atoms with Crippen LogP contribution in [0.2, 0.25) is 5.02 Å². The largest absolute Gasteiger partial charge is 0.507 e. The minimum atomic E-state index is -0.474. The lowest BCUT2D eigenvalue weighted by Gasteiger charge is -2.23. The van der Waals surface area contributed by atoms with Gasteiger partial charge in [-0.15, -0.1) is 0 Å². The molecule has 1 atom stereocenters. The van der Waals surface area contributed by atoms with Crippen LogP contribution in [0.4, 0.5) is 4.39 Å². The number of halogens is 2. The van der Waals surface area contributed by atoms with Crippen molar-refractivity contribution in [3.63, 3.8) is 0 Å². The van der Waals surface area contributed by atoms with Crippen LogP contribution < -0.4 is 10.5 Å². The molecule has 0 aromatic heterocycles. The molecule has 3 rings (SSSR count). The van der Waals surface area contributed by atoms with E-state index in [0.29, 0.717) is 43.0 Å². The number of allylic oxidation sites excluding steroid dienone is 1. The number of ether oxygens (including phenoxy) is 1. The van der Waals surface area contributed by atoms with Gasteiger partial charge in [0.25, 0.3) is 0 Å². The molecule has 1 fully saturated rings. The maximum absolute atomic E-state index is 13.2. The average Bonchev–Trinajstić information content (AvgIpc) is 3.17. The van der Waals surface area contributed by atoms with Crippen LogP contribution in [-0.2, 0) is 11.3 Å². The van der Waals surface area contributed by atoms with Crippen LogP contribution in [0.1, 0.15) is 41.3 Å². The van der Waals surface area contributed by atoms with Crippen molar-refractivity contribution in [2.24, 2.45) is 5.73 Å². The summed E-state index contributed by atoms with van der Waals surface area (Å²) in [6.45, 7) is 3.25. The fourth-order valence-electron chi connectivity index (χ4n) is 3.67. The zero-order valence-electron chi connectivity index (χ0n) is 17.1. The Morgan fingerprint density at radius 2 is 2.13 bits per heavy atom. The van der Waals surface area contributed by atoms with Gasteiger partial charge < -0.3 is 15.6 Å². The Morgan fingerprint density at radius 1 is 1.35 bits per heavy atom. The standard InChI is InChI=1S/C23H24ClFN2O4/c1-2-31-22-12-21(29)17(10-15(22)13-27-9-3-4-19(27)23(26)30)20(28)8-6-14-5-7-16(25)11-18(14)24/h5-8,10-12,19,29H,2-4,9,13H2,1H3,(H2,26,30)/b8-6+/t19-/m0/s1. The van der Waals surface area contributed by atoms with Crippen molar-refractivity contribution in [1.29, 1.82) is 0 Å². The maximum atomic E-state index is 13.2. The quantitative estimate of drug-likeness (QED) is 0.473. The summed E-state index contributed by atoms with van der Waals surface area (Å²) in [5.74, 6) is -1.09. The molecule has 1 aliphatic rings. The van der Waals surface area contributed by atoms with Crippen molar-refractivity contribution in [2.75, 3.05) is 13.2 Å². The molecular weight excluding hydrogens is 423 g/mol. The van der Waals surface area contributed by atoms with Gasteiger partial charge in [-0.05, 0) is 62.2 Å². The van der Waals surface area contributed by atoms with E-state index in [9.17, 15) is 19.1 Å². The van der Waals surface area contributed by atoms with E-state index in [2.05, 4.69) is 0 Å². The van der Waals surface area contributed by atoms with Gasteiger partial charge in [-0.1, -0.05) is 17.7 Å². The highest BCUT2D eigenvalue weighted by Gasteiger charge is 2.30. The molecule has 6 nitrogen and oxygen atoms in total. The van der Waals surface area contributed by atoms with Gasteiger partial charge >= 0.3 is 0 Å². The van der Waals surface area contributed by atoms with Crippen molar-refractivity contribution < 1.29 is 23.8 Å². The molecule has 1 aliphatic heterocycles. The minimum Gasteiger partial charge on any atom is -0.507 e. The van der Waals surface area contributed by atoms with Crippen molar-refractivity contribution in [3.8, 4) is 11.5 Å². The van der Waals surface area contributed by atoms with Crippen molar-refractivity contribution in [3.05, 3.63) is 63.9 Å². The van der Waals surface area contributed by atoms with Crippen LogP contribution in [0.15, 0.2) is 36.4 Å². The number of nitrogens with zero attached hydrogens (tertiary/aromatic N) is 1. The van der Waals surface area contributed by atoms with Gasteiger partial charge in [0.1, 0.15) is 17.3 Å². The topological polar surface area (TPSA) is 92.9 Å². The first-order chi connectivity index (χ1) is 14.8. The van der Waals surface area contributed by atoms with E-state index >= 15 is 0 Å². The summed E-state index contributed by atoms with van der Waals surface area (Å²) >= 11 is 5.99. The number of likely N-dealkylation sites (tertiary alicyclic amines) is 1. The SMILES string of the molecule is CCOc1cc(O)c(C(=O)/C=C/c2ccc(F)cc2Cl)cc1CN1CCC[C@H]1C(N)=O. The first-order valence-corrected chi connectivity index (χ1v) is 10.4. The third kappa shape index (κ3) is 5.42. The highest BCUT2D eigenvalue weighted by atomic mass is 35.5. The molecule has 8 heteroatoms. The second kappa shape index (κ2) is 9.94. The highest BCUT2D eigenvalue weighted by Crippen LogP contribution is 2.32. The molecule has 31 heavy (non-hydrogen) atoms. The van der Waals surface area contributed by atoms with Crippen LogP contribution in [0.3, 0.4) is 0 Å².